The number of rotatable bonds is 5. The molecular formula is C17H22N4O2. The lowest BCUT2D eigenvalue weighted by Crippen LogP contribution is -2.33. The van der Waals surface area contributed by atoms with Crippen LogP contribution in [0.4, 0.5) is 0 Å². The number of nitrogens with zero attached hydrogens (tertiary/aromatic N) is 3. The van der Waals surface area contributed by atoms with Gasteiger partial charge in [-0.3, -0.25) is 4.79 Å². The van der Waals surface area contributed by atoms with Crippen LogP contribution in [0.15, 0.2) is 24.3 Å². The normalized spacial score (nSPS) is 15.0. The van der Waals surface area contributed by atoms with Gasteiger partial charge in [0.2, 0.25) is 0 Å². The van der Waals surface area contributed by atoms with E-state index in [1.807, 2.05) is 31.2 Å². The van der Waals surface area contributed by atoms with E-state index in [2.05, 4.69) is 15.6 Å². The van der Waals surface area contributed by atoms with Gasteiger partial charge in [-0.05, 0) is 31.9 Å². The van der Waals surface area contributed by atoms with E-state index in [4.69, 9.17) is 4.74 Å². The molecule has 0 unspecified atom stereocenters. The van der Waals surface area contributed by atoms with E-state index in [0.717, 1.165) is 18.5 Å². The summed E-state index contributed by atoms with van der Waals surface area (Å²) in [7, 11) is 1.60. The molecule has 6 nitrogen and oxygen atoms in total. The van der Waals surface area contributed by atoms with Crippen molar-refractivity contribution in [1.29, 1.82) is 0 Å². The van der Waals surface area contributed by atoms with Crippen LogP contribution in [0.1, 0.15) is 47.4 Å². The molecule has 0 aliphatic heterocycles. The third-order valence-corrected chi connectivity index (χ3v) is 4.23. The molecule has 0 spiro atoms. The number of aryl methyl sites for hydroxylation is 1. The van der Waals surface area contributed by atoms with E-state index in [9.17, 15) is 4.79 Å². The number of hydrogen-bond acceptors (Lipinski definition) is 4. The van der Waals surface area contributed by atoms with Crippen molar-refractivity contribution >= 4 is 5.91 Å². The minimum absolute atomic E-state index is 0.165. The van der Waals surface area contributed by atoms with E-state index in [1.54, 1.807) is 11.8 Å². The average molecular weight is 314 g/mol. The highest BCUT2D eigenvalue weighted by Gasteiger charge is 2.24. The molecule has 1 fully saturated rings. The van der Waals surface area contributed by atoms with E-state index in [-0.39, 0.29) is 18.6 Å². The number of nitrogens with one attached hydrogen (secondary N) is 1. The average Bonchev–Trinajstić information content (AvgIpc) is 3.18. The summed E-state index contributed by atoms with van der Waals surface area (Å²) in [6.07, 6.45) is 4.42. The van der Waals surface area contributed by atoms with Crippen molar-refractivity contribution in [2.24, 2.45) is 0 Å². The monoisotopic (exact) mass is 314 g/mol. The number of aromatic nitrogens is 3. The van der Waals surface area contributed by atoms with Crippen LogP contribution in [0.5, 0.6) is 0 Å². The highest BCUT2D eigenvalue weighted by molar-refractivity contribution is 5.93. The summed E-state index contributed by atoms with van der Waals surface area (Å²) in [6, 6.07) is 8.18. The van der Waals surface area contributed by atoms with Crippen LogP contribution in [0.25, 0.3) is 5.69 Å². The Labute approximate surface area is 135 Å². The van der Waals surface area contributed by atoms with Gasteiger partial charge in [-0.15, -0.1) is 5.10 Å². The number of carbonyl (C=O) groups is 1. The lowest BCUT2D eigenvalue weighted by atomic mass is 10.2. The van der Waals surface area contributed by atoms with Crippen molar-refractivity contribution in [2.75, 3.05) is 7.11 Å². The van der Waals surface area contributed by atoms with Crippen LogP contribution in [-0.4, -0.2) is 34.1 Å². The van der Waals surface area contributed by atoms with E-state index >= 15 is 0 Å². The van der Waals surface area contributed by atoms with Crippen LogP contribution in [-0.2, 0) is 11.3 Å². The molecule has 0 atom stereocenters. The summed E-state index contributed by atoms with van der Waals surface area (Å²) >= 11 is 0. The smallest absolute Gasteiger partial charge is 0.274 e. The summed E-state index contributed by atoms with van der Waals surface area (Å²) in [5.41, 5.74) is 3.06. The SMILES string of the molecule is COCc1c(C(=O)NC2CCCC2)nnn1-c1ccc(C)cc1. The van der Waals surface area contributed by atoms with Gasteiger partial charge in [-0.25, -0.2) is 4.68 Å². The zero-order valence-electron chi connectivity index (χ0n) is 13.6. The lowest BCUT2D eigenvalue weighted by Gasteiger charge is -2.12. The molecule has 0 bridgehead atoms. The summed E-state index contributed by atoms with van der Waals surface area (Å²) in [5, 5.41) is 11.3. The second kappa shape index (κ2) is 6.91. The van der Waals surface area contributed by atoms with E-state index in [1.165, 1.54) is 18.4 Å². The Morgan fingerprint density at radius 3 is 2.65 bits per heavy atom. The standard InChI is InChI=1S/C17H22N4O2/c1-12-7-9-14(10-8-12)21-15(11-23-2)16(19-20-21)17(22)18-13-5-3-4-6-13/h7-10,13H,3-6,11H2,1-2H3,(H,18,22). The van der Waals surface area contributed by atoms with Crippen molar-refractivity contribution in [3.63, 3.8) is 0 Å². The Kier molecular flexibility index (Phi) is 4.71. The molecule has 0 radical (unpaired) electrons. The van der Waals surface area contributed by atoms with Crippen molar-refractivity contribution in [1.82, 2.24) is 20.3 Å². The number of carbonyl (C=O) groups excluding carboxylic acids is 1. The maximum atomic E-state index is 12.5. The third-order valence-electron chi connectivity index (χ3n) is 4.23. The quantitative estimate of drug-likeness (QED) is 0.920. The fraction of sp³-hybridized carbons (Fsp3) is 0.471. The largest absolute Gasteiger partial charge is 0.378 e. The molecule has 6 heteroatoms. The first kappa shape index (κ1) is 15.7. The second-order valence-corrected chi connectivity index (χ2v) is 6.02. The fourth-order valence-electron chi connectivity index (χ4n) is 2.96. The zero-order chi connectivity index (χ0) is 16.2. The van der Waals surface area contributed by atoms with Crippen molar-refractivity contribution in [2.45, 2.75) is 45.3 Å². The minimum atomic E-state index is -0.165. The topological polar surface area (TPSA) is 69.0 Å². The number of ether oxygens (including phenoxy) is 1. The molecule has 1 amide bonds. The molecule has 0 saturated heterocycles. The van der Waals surface area contributed by atoms with Gasteiger partial charge < -0.3 is 10.1 Å². The highest BCUT2D eigenvalue weighted by Crippen LogP contribution is 2.19. The van der Waals surface area contributed by atoms with Gasteiger partial charge in [0, 0.05) is 13.2 Å². The maximum absolute atomic E-state index is 12.5. The first-order valence-electron chi connectivity index (χ1n) is 8.00. The van der Waals surface area contributed by atoms with Gasteiger partial charge in [0.15, 0.2) is 5.69 Å². The van der Waals surface area contributed by atoms with Gasteiger partial charge in [0.1, 0.15) is 5.69 Å². The number of methoxy groups -OCH3 is 1. The molecule has 1 aliphatic carbocycles. The van der Waals surface area contributed by atoms with Crippen LogP contribution in [0.3, 0.4) is 0 Å². The molecule has 122 valence electrons. The molecule has 1 N–H and O–H groups in total. The number of amides is 1. The van der Waals surface area contributed by atoms with Crippen LogP contribution >= 0.6 is 0 Å². The van der Waals surface area contributed by atoms with Gasteiger partial charge >= 0.3 is 0 Å². The number of benzene rings is 1. The van der Waals surface area contributed by atoms with Gasteiger partial charge in [0.05, 0.1) is 12.3 Å². The Balaban J connectivity index is 1.88. The molecule has 1 heterocycles. The first-order valence-corrected chi connectivity index (χ1v) is 8.00. The molecular weight excluding hydrogens is 292 g/mol. The maximum Gasteiger partial charge on any atom is 0.274 e. The summed E-state index contributed by atoms with van der Waals surface area (Å²) in [4.78, 5) is 12.5. The van der Waals surface area contributed by atoms with Gasteiger partial charge in [0.25, 0.3) is 5.91 Å². The molecule has 3 rings (SSSR count). The number of hydrogen-bond donors (Lipinski definition) is 1. The zero-order valence-corrected chi connectivity index (χ0v) is 13.6. The molecule has 1 saturated carbocycles. The Hall–Kier alpha value is -2.21. The van der Waals surface area contributed by atoms with E-state index < -0.39 is 0 Å². The fourth-order valence-corrected chi connectivity index (χ4v) is 2.96. The van der Waals surface area contributed by atoms with Crippen molar-refractivity contribution in [3.05, 3.63) is 41.2 Å². The van der Waals surface area contributed by atoms with Crippen LogP contribution in [0.2, 0.25) is 0 Å². The first-order chi connectivity index (χ1) is 11.2. The highest BCUT2D eigenvalue weighted by atomic mass is 16.5. The predicted molar refractivity (Wildman–Crippen MR) is 86.5 cm³/mol. The Morgan fingerprint density at radius 1 is 1.30 bits per heavy atom. The van der Waals surface area contributed by atoms with Crippen LogP contribution in [0, 0.1) is 6.92 Å². The molecule has 1 aliphatic rings. The Morgan fingerprint density at radius 2 is 2.00 bits per heavy atom. The van der Waals surface area contributed by atoms with Crippen molar-refractivity contribution in [3.8, 4) is 5.69 Å². The van der Waals surface area contributed by atoms with Crippen molar-refractivity contribution < 1.29 is 9.53 Å². The summed E-state index contributed by atoms with van der Waals surface area (Å²) < 4.78 is 6.93. The molecule has 1 aromatic heterocycles. The van der Waals surface area contributed by atoms with E-state index in [0.29, 0.717) is 11.4 Å². The third kappa shape index (κ3) is 3.42. The minimum Gasteiger partial charge on any atom is -0.378 e. The van der Waals surface area contributed by atoms with Gasteiger partial charge in [-0.1, -0.05) is 35.8 Å². The van der Waals surface area contributed by atoms with Crippen LogP contribution < -0.4 is 5.32 Å². The summed E-state index contributed by atoms with van der Waals surface area (Å²) in [6.45, 7) is 2.32. The lowest BCUT2D eigenvalue weighted by molar-refractivity contribution is 0.0927. The molecule has 23 heavy (non-hydrogen) atoms. The predicted octanol–water partition coefficient (Wildman–Crippen LogP) is 2.39. The van der Waals surface area contributed by atoms with Gasteiger partial charge in [-0.2, -0.15) is 0 Å². The Bertz CT molecular complexity index is 672. The molecule has 2 aromatic rings. The summed E-state index contributed by atoms with van der Waals surface area (Å²) in [5.74, 6) is -0.165. The molecule has 1 aromatic carbocycles. The second-order valence-electron chi connectivity index (χ2n) is 6.02.